The van der Waals surface area contributed by atoms with Crippen molar-refractivity contribution in [2.24, 2.45) is 5.92 Å². The summed E-state index contributed by atoms with van der Waals surface area (Å²) in [6.45, 7) is 4.17. The maximum Gasteiger partial charge on any atom is 0.226 e. The monoisotopic (exact) mass is 368 g/mol. The molecule has 22 heavy (non-hydrogen) atoms. The Balaban J connectivity index is 2.05. The van der Waals surface area contributed by atoms with Gasteiger partial charge in [0.15, 0.2) is 0 Å². The molecule has 0 aromatic heterocycles. The lowest BCUT2D eigenvalue weighted by Crippen LogP contribution is -2.39. The lowest BCUT2D eigenvalue weighted by Gasteiger charge is -2.26. The van der Waals surface area contributed by atoms with E-state index in [1.165, 1.54) is 5.56 Å². The highest BCUT2D eigenvalue weighted by Gasteiger charge is 2.25. The van der Waals surface area contributed by atoms with Crippen LogP contribution >= 0.6 is 15.9 Å². The van der Waals surface area contributed by atoms with Crippen LogP contribution < -0.4 is 5.32 Å². The van der Waals surface area contributed by atoms with E-state index in [2.05, 4.69) is 33.4 Å². The van der Waals surface area contributed by atoms with Crippen molar-refractivity contribution in [2.45, 2.75) is 19.3 Å². The normalized spacial score (nSPS) is 17.1. The number of halogens is 1. The zero-order valence-electron chi connectivity index (χ0n) is 13.2. The lowest BCUT2D eigenvalue weighted by molar-refractivity contribution is -0.135. The van der Waals surface area contributed by atoms with Crippen LogP contribution in [-0.2, 0) is 16.0 Å². The molecule has 2 rings (SSSR count). The minimum Gasteiger partial charge on any atom is -0.385 e. The number of amides is 1. The lowest BCUT2D eigenvalue weighted by atomic mass is 9.95. The summed E-state index contributed by atoms with van der Waals surface area (Å²) in [5.41, 5.74) is 1.19. The van der Waals surface area contributed by atoms with E-state index in [1.54, 1.807) is 7.11 Å². The Bertz CT molecular complexity index is 473. The molecule has 5 heteroatoms. The van der Waals surface area contributed by atoms with Gasteiger partial charge in [-0.3, -0.25) is 4.79 Å². The average Bonchev–Trinajstić information content (AvgIpc) is 2.80. The van der Waals surface area contributed by atoms with Crippen LogP contribution in [0.25, 0.3) is 0 Å². The summed E-state index contributed by atoms with van der Waals surface area (Å²) < 4.78 is 6.26. The van der Waals surface area contributed by atoms with Gasteiger partial charge in [-0.2, -0.15) is 0 Å². The van der Waals surface area contributed by atoms with E-state index in [1.807, 2.05) is 17.0 Å². The van der Waals surface area contributed by atoms with Gasteiger partial charge in [-0.25, -0.2) is 0 Å². The summed E-state index contributed by atoms with van der Waals surface area (Å²) >= 11 is 3.50. The number of hydrogen-bond acceptors (Lipinski definition) is 3. The number of hydrogen-bond donors (Lipinski definition) is 1. The summed E-state index contributed by atoms with van der Waals surface area (Å²) in [5, 5.41) is 3.35. The summed E-state index contributed by atoms with van der Waals surface area (Å²) in [7, 11) is 1.69. The molecule has 1 N–H and O–H groups in total. The molecular formula is C17H25BrN2O2. The first-order valence-corrected chi connectivity index (χ1v) is 8.73. The Hall–Kier alpha value is -0.910. The van der Waals surface area contributed by atoms with Crippen LogP contribution in [0.5, 0.6) is 0 Å². The van der Waals surface area contributed by atoms with Crippen molar-refractivity contribution in [3.8, 4) is 0 Å². The van der Waals surface area contributed by atoms with Crippen LogP contribution in [-0.4, -0.2) is 50.7 Å². The van der Waals surface area contributed by atoms with Crippen molar-refractivity contribution in [3.63, 3.8) is 0 Å². The van der Waals surface area contributed by atoms with Crippen LogP contribution in [0.15, 0.2) is 28.7 Å². The van der Waals surface area contributed by atoms with Crippen LogP contribution in [0, 0.1) is 5.92 Å². The Morgan fingerprint density at radius 3 is 3.05 bits per heavy atom. The van der Waals surface area contributed by atoms with E-state index in [-0.39, 0.29) is 11.8 Å². The molecule has 0 spiro atoms. The minimum atomic E-state index is -0.00708. The van der Waals surface area contributed by atoms with Crippen LogP contribution in [0.2, 0.25) is 0 Å². The molecule has 1 fully saturated rings. The standard InChI is InChI=1S/C17H25BrN2O2/c1-22-11-6-15(12-14-4-2-5-16(18)13-14)17(21)20-9-3-7-19-8-10-20/h2,4-5,13,15,19H,3,6-12H2,1H3. The fraction of sp³-hybridized carbons (Fsp3) is 0.588. The summed E-state index contributed by atoms with van der Waals surface area (Å²) in [4.78, 5) is 14.9. The second kappa shape index (κ2) is 9.28. The average molecular weight is 369 g/mol. The van der Waals surface area contributed by atoms with Gasteiger partial charge < -0.3 is 15.0 Å². The van der Waals surface area contributed by atoms with Gasteiger partial charge in [0.25, 0.3) is 0 Å². The number of ether oxygens (including phenoxy) is 1. The number of nitrogens with zero attached hydrogens (tertiary/aromatic N) is 1. The predicted octanol–water partition coefficient (Wildman–Crippen LogP) is 2.47. The molecule has 0 bridgehead atoms. The van der Waals surface area contributed by atoms with Gasteiger partial charge >= 0.3 is 0 Å². The zero-order chi connectivity index (χ0) is 15.8. The van der Waals surface area contributed by atoms with E-state index in [4.69, 9.17) is 4.74 Å². The van der Waals surface area contributed by atoms with Crippen molar-refractivity contribution >= 4 is 21.8 Å². The smallest absolute Gasteiger partial charge is 0.226 e. The molecule has 122 valence electrons. The number of carbonyl (C=O) groups excluding carboxylic acids is 1. The Morgan fingerprint density at radius 1 is 1.41 bits per heavy atom. The third-order valence-electron chi connectivity index (χ3n) is 4.04. The van der Waals surface area contributed by atoms with Gasteiger partial charge in [-0.15, -0.1) is 0 Å². The fourth-order valence-corrected chi connectivity index (χ4v) is 3.29. The van der Waals surface area contributed by atoms with Crippen molar-refractivity contribution in [3.05, 3.63) is 34.3 Å². The summed E-state index contributed by atoms with van der Waals surface area (Å²) in [5.74, 6) is 0.257. The summed E-state index contributed by atoms with van der Waals surface area (Å²) in [6, 6.07) is 8.21. The molecule has 1 amide bonds. The summed E-state index contributed by atoms with van der Waals surface area (Å²) in [6.07, 6.45) is 2.57. The highest BCUT2D eigenvalue weighted by Crippen LogP contribution is 2.19. The number of rotatable bonds is 6. The second-order valence-corrected chi connectivity index (χ2v) is 6.66. The Morgan fingerprint density at radius 2 is 2.27 bits per heavy atom. The minimum absolute atomic E-state index is 0.00708. The van der Waals surface area contributed by atoms with Crippen molar-refractivity contribution in [1.29, 1.82) is 0 Å². The van der Waals surface area contributed by atoms with E-state index in [0.717, 1.165) is 49.9 Å². The van der Waals surface area contributed by atoms with Crippen molar-refractivity contribution in [1.82, 2.24) is 10.2 Å². The molecule has 0 saturated carbocycles. The van der Waals surface area contributed by atoms with Gasteiger partial charge in [0, 0.05) is 43.7 Å². The van der Waals surface area contributed by atoms with Crippen LogP contribution in [0.3, 0.4) is 0 Å². The molecule has 1 aromatic rings. The molecule has 0 radical (unpaired) electrons. The highest BCUT2D eigenvalue weighted by molar-refractivity contribution is 9.10. The topological polar surface area (TPSA) is 41.6 Å². The number of carbonyl (C=O) groups is 1. The number of benzene rings is 1. The molecule has 4 nitrogen and oxygen atoms in total. The first-order chi connectivity index (χ1) is 10.7. The molecule has 0 aliphatic carbocycles. The molecule has 1 aliphatic heterocycles. The van der Waals surface area contributed by atoms with Gasteiger partial charge in [0.05, 0.1) is 0 Å². The molecule has 1 saturated heterocycles. The van der Waals surface area contributed by atoms with Gasteiger partial charge in [-0.1, -0.05) is 28.1 Å². The van der Waals surface area contributed by atoms with Crippen molar-refractivity contribution in [2.75, 3.05) is 39.9 Å². The van der Waals surface area contributed by atoms with E-state index in [0.29, 0.717) is 6.61 Å². The third-order valence-corrected chi connectivity index (χ3v) is 4.54. The van der Waals surface area contributed by atoms with E-state index >= 15 is 0 Å². The molecule has 1 heterocycles. The van der Waals surface area contributed by atoms with Gasteiger partial charge in [-0.05, 0) is 43.5 Å². The highest BCUT2D eigenvalue weighted by atomic mass is 79.9. The zero-order valence-corrected chi connectivity index (χ0v) is 14.8. The number of nitrogens with one attached hydrogen (secondary N) is 1. The van der Waals surface area contributed by atoms with Gasteiger partial charge in [0.1, 0.15) is 0 Å². The largest absolute Gasteiger partial charge is 0.385 e. The van der Waals surface area contributed by atoms with Crippen molar-refractivity contribution < 1.29 is 9.53 Å². The van der Waals surface area contributed by atoms with Crippen LogP contribution in [0.1, 0.15) is 18.4 Å². The molecular weight excluding hydrogens is 344 g/mol. The van der Waals surface area contributed by atoms with E-state index in [9.17, 15) is 4.79 Å². The fourth-order valence-electron chi connectivity index (χ4n) is 2.85. The van der Waals surface area contributed by atoms with E-state index < -0.39 is 0 Å². The Kier molecular flexibility index (Phi) is 7.36. The SMILES string of the molecule is COCCC(Cc1cccc(Br)c1)C(=O)N1CCCNCC1. The predicted molar refractivity (Wildman–Crippen MR) is 91.9 cm³/mol. The van der Waals surface area contributed by atoms with Crippen LogP contribution in [0.4, 0.5) is 0 Å². The molecule has 1 atom stereocenters. The van der Waals surface area contributed by atoms with Gasteiger partial charge in [0.2, 0.25) is 5.91 Å². The Labute approximate surface area is 141 Å². The first-order valence-electron chi connectivity index (χ1n) is 7.93. The molecule has 1 unspecified atom stereocenters. The third kappa shape index (κ3) is 5.38. The second-order valence-electron chi connectivity index (χ2n) is 5.74. The quantitative estimate of drug-likeness (QED) is 0.838. The molecule has 1 aliphatic rings. The maximum absolute atomic E-state index is 12.9. The first kappa shape index (κ1) is 17.4. The number of methoxy groups -OCH3 is 1. The molecule has 1 aromatic carbocycles. The maximum atomic E-state index is 12.9.